The lowest BCUT2D eigenvalue weighted by molar-refractivity contribution is 0.0499. The van der Waals surface area contributed by atoms with Crippen LogP contribution in [0, 0.1) is 0 Å². The fourth-order valence-corrected chi connectivity index (χ4v) is 2.80. The third-order valence-electron chi connectivity index (χ3n) is 4.10. The zero-order valence-corrected chi connectivity index (χ0v) is 17.0. The monoisotopic (exact) mass is 404 g/mol. The van der Waals surface area contributed by atoms with Gasteiger partial charge in [-0.05, 0) is 55.0 Å². The normalized spacial score (nSPS) is 11.0. The maximum atomic E-state index is 12.4. The number of nitrogens with zero attached hydrogens (tertiary/aromatic N) is 1. The van der Waals surface area contributed by atoms with E-state index in [2.05, 4.69) is 5.32 Å². The van der Waals surface area contributed by atoms with E-state index >= 15 is 0 Å². The van der Waals surface area contributed by atoms with Gasteiger partial charge < -0.3 is 10.1 Å². The van der Waals surface area contributed by atoms with Crippen molar-refractivity contribution in [2.45, 2.75) is 19.8 Å². The van der Waals surface area contributed by atoms with Crippen molar-refractivity contribution in [3.63, 3.8) is 0 Å². The van der Waals surface area contributed by atoms with Gasteiger partial charge in [0.05, 0.1) is 24.1 Å². The number of ether oxygens (including phenoxy) is 1. The minimum Gasteiger partial charge on any atom is -0.462 e. The topological polar surface area (TPSA) is 92.8 Å². The third-order valence-corrected chi connectivity index (χ3v) is 5.31. The zero-order valence-electron chi connectivity index (χ0n) is 16.1. The Kier molecular flexibility index (Phi) is 7.17. The summed E-state index contributed by atoms with van der Waals surface area (Å²) in [5, 5.41) is 2.73. The molecule has 28 heavy (non-hydrogen) atoms. The largest absolute Gasteiger partial charge is 0.462 e. The molecule has 0 fully saturated rings. The molecule has 0 aliphatic carbocycles. The highest BCUT2D eigenvalue weighted by Crippen LogP contribution is 2.18. The van der Waals surface area contributed by atoms with Crippen LogP contribution in [-0.4, -0.2) is 40.2 Å². The van der Waals surface area contributed by atoms with Gasteiger partial charge in [-0.3, -0.25) is 9.10 Å². The summed E-state index contributed by atoms with van der Waals surface area (Å²) in [6, 6.07) is 12.6. The lowest BCUT2D eigenvalue weighted by atomic mass is 10.1. The summed E-state index contributed by atoms with van der Waals surface area (Å²) in [6.45, 7) is 2.40. The Balaban J connectivity index is 2.00. The molecule has 0 heterocycles. The van der Waals surface area contributed by atoms with Gasteiger partial charge >= 0.3 is 5.97 Å². The van der Waals surface area contributed by atoms with E-state index in [0.717, 1.165) is 23.4 Å². The number of carbonyl (C=O) groups excluding carboxylic acids is 2. The molecule has 0 radical (unpaired) electrons. The van der Waals surface area contributed by atoms with Crippen LogP contribution in [0.15, 0.2) is 48.5 Å². The molecule has 1 N–H and O–H groups in total. The molecule has 0 aromatic heterocycles. The second-order valence-corrected chi connectivity index (χ2v) is 8.31. The SMILES string of the molecule is CCCCOC(=O)c1ccc(NC(=O)c2ccc(N(C)S(C)(=O)=O)cc2)cc1. The fourth-order valence-electron chi connectivity index (χ4n) is 2.30. The van der Waals surface area contributed by atoms with Crippen molar-refractivity contribution in [2.24, 2.45) is 0 Å². The van der Waals surface area contributed by atoms with Gasteiger partial charge in [-0.15, -0.1) is 0 Å². The van der Waals surface area contributed by atoms with Gasteiger partial charge in [0.1, 0.15) is 0 Å². The molecule has 1 amide bonds. The van der Waals surface area contributed by atoms with Crippen LogP contribution >= 0.6 is 0 Å². The van der Waals surface area contributed by atoms with Crippen LogP contribution in [0.25, 0.3) is 0 Å². The van der Waals surface area contributed by atoms with Crippen molar-refractivity contribution in [1.29, 1.82) is 0 Å². The van der Waals surface area contributed by atoms with Crippen LogP contribution in [0.2, 0.25) is 0 Å². The second kappa shape index (κ2) is 9.36. The Morgan fingerprint density at radius 1 is 1.00 bits per heavy atom. The van der Waals surface area contributed by atoms with Crippen molar-refractivity contribution < 1.29 is 22.7 Å². The van der Waals surface area contributed by atoms with E-state index in [1.807, 2.05) is 6.92 Å². The van der Waals surface area contributed by atoms with Gasteiger partial charge in [0.2, 0.25) is 10.0 Å². The van der Waals surface area contributed by atoms with E-state index in [4.69, 9.17) is 4.74 Å². The van der Waals surface area contributed by atoms with Crippen molar-refractivity contribution >= 4 is 33.3 Å². The summed E-state index contributed by atoms with van der Waals surface area (Å²) in [5.74, 6) is -0.733. The van der Waals surface area contributed by atoms with Crippen LogP contribution in [-0.2, 0) is 14.8 Å². The molecule has 7 nitrogen and oxygen atoms in total. The number of hydrogen-bond acceptors (Lipinski definition) is 5. The van der Waals surface area contributed by atoms with Crippen molar-refractivity contribution in [1.82, 2.24) is 0 Å². The summed E-state index contributed by atoms with van der Waals surface area (Å²) in [6.07, 6.45) is 2.87. The van der Waals surface area contributed by atoms with E-state index in [0.29, 0.717) is 29.1 Å². The molecule has 150 valence electrons. The Labute approximate surface area is 165 Å². The minimum absolute atomic E-state index is 0.341. The number of sulfonamides is 1. The molecule has 0 aliphatic heterocycles. The lowest BCUT2D eigenvalue weighted by Crippen LogP contribution is -2.24. The second-order valence-electron chi connectivity index (χ2n) is 6.30. The molecule has 0 spiro atoms. The van der Waals surface area contributed by atoms with Gasteiger partial charge in [-0.25, -0.2) is 13.2 Å². The first-order chi connectivity index (χ1) is 13.2. The molecule has 8 heteroatoms. The zero-order chi connectivity index (χ0) is 20.7. The molecular weight excluding hydrogens is 380 g/mol. The molecule has 2 rings (SSSR count). The first-order valence-electron chi connectivity index (χ1n) is 8.85. The molecule has 0 saturated heterocycles. The first kappa shape index (κ1) is 21.4. The third kappa shape index (κ3) is 5.82. The highest BCUT2D eigenvalue weighted by Gasteiger charge is 2.13. The van der Waals surface area contributed by atoms with Gasteiger partial charge in [-0.2, -0.15) is 0 Å². The number of hydrogen-bond donors (Lipinski definition) is 1. The van der Waals surface area contributed by atoms with E-state index in [1.165, 1.54) is 7.05 Å². The molecular formula is C20H24N2O5S. The summed E-state index contributed by atoms with van der Waals surface area (Å²) in [5.41, 5.74) is 1.80. The van der Waals surface area contributed by atoms with Gasteiger partial charge in [0.25, 0.3) is 5.91 Å². The van der Waals surface area contributed by atoms with Gasteiger partial charge in [-0.1, -0.05) is 13.3 Å². The Morgan fingerprint density at radius 2 is 1.57 bits per heavy atom. The maximum Gasteiger partial charge on any atom is 0.338 e. The first-order valence-corrected chi connectivity index (χ1v) is 10.7. The maximum absolute atomic E-state index is 12.4. The fraction of sp³-hybridized carbons (Fsp3) is 0.300. The number of nitrogens with one attached hydrogen (secondary N) is 1. The van der Waals surface area contributed by atoms with E-state index in [9.17, 15) is 18.0 Å². The highest BCUT2D eigenvalue weighted by atomic mass is 32.2. The number of esters is 1. The Morgan fingerprint density at radius 3 is 2.11 bits per heavy atom. The summed E-state index contributed by atoms with van der Waals surface area (Å²) >= 11 is 0. The number of unbranched alkanes of at least 4 members (excludes halogenated alkanes) is 1. The number of benzene rings is 2. The number of carbonyl (C=O) groups is 2. The summed E-state index contributed by atoms with van der Waals surface area (Å²) in [7, 11) is -1.92. The van der Waals surface area contributed by atoms with Gasteiger partial charge in [0.15, 0.2) is 0 Å². The molecule has 0 atom stereocenters. The molecule has 0 unspecified atom stereocenters. The van der Waals surface area contributed by atoms with Crippen LogP contribution in [0.3, 0.4) is 0 Å². The lowest BCUT2D eigenvalue weighted by Gasteiger charge is -2.16. The Hall–Kier alpha value is -2.87. The number of amides is 1. The van der Waals surface area contributed by atoms with Crippen LogP contribution in [0.4, 0.5) is 11.4 Å². The average molecular weight is 404 g/mol. The molecule has 0 saturated carbocycles. The van der Waals surface area contributed by atoms with Gasteiger partial charge in [0, 0.05) is 18.3 Å². The number of anilines is 2. The summed E-state index contributed by atoms with van der Waals surface area (Å²) in [4.78, 5) is 24.2. The smallest absolute Gasteiger partial charge is 0.338 e. The molecule has 2 aromatic carbocycles. The van der Waals surface area contributed by atoms with Crippen molar-refractivity contribution in [3.8, 4) is 0 Å². The van der Waals surface area contributed by atoms with Crippen LogP contribution in [0.5, 0.6) is 0 Å². The highest BCUT2D eigenvalue weighted by molar-refractivity contribution is 7.92. The van der Waals surface area contributed by atoms with Crippen LogP contribution < -0.4 is 9.62 Å². The number of rotatable bonds is 8. The van der Waals surface area contributed by atoms with Crippen LogP contribution in [0.1, 0.15) is 40.5 Å². The quantitative estimate of drug-likeness (QED) is 0.538. The van der Waals surface area contributed by atoms with Crippen molar-refractivity contribution in [3.05, 3.63) is 59.7 Å². The van der Waals surface area contributed by atoms with E-state index in [1.54, 1.807) is 48.5 Å². The standard InChI is InChI=1S/C20H24N2O5S/c1-4-5-14-27-20(24)16-6-10-17(11-7-16)21-19(23)15-8-12-18(13-9-15)22(2)28(3,25)26/h6-13H,4-5,14H2,1-3H3,(H,21,23). The molecule has 0 bridgehead atoms. The summed E-state index contributed by atoms with van der Waals surface area (Å²) < 4.78 is 29.4. The molecule has 2 aromatic rings. The van der Waals surface area contributed by atoms with Crippen molar-refractivity contribution in [2.75, 3.05) is 29.5 Å². The van der Waals surface area contributed by atoms with E-state index < -0.39 is 16.0 Å². The van der Waals surface area contributed by atoms with E-state index in [-0.39, 0.29) is 5.91 Å². The minimum atomic E-state index is -3.36. The average Bonchev–Trinajstić information content (AvgIpc) is 2.67. The predicted octanol–water partition coefficient (Wildman–Crippen LogP) is 3.29. The predicted molar refractivity (Wildman–Crippen MR) is 109 cm³/mol. The molecule has 0 aliphatic rings. The Bertz CT molecular complexity index is 922.